The molecular weight excluding hydrogens is 390 g/mol. The highest BCUT2D eigenvalue weighted by Gasteiger charge is 2.24. The highest BCUT2D eigenvalue weighted by molar-refractivity contribution is 5.94. The number of halogens is 3. The van der Waals surface area contributed by atoms with Crippen molar-refractivity contribution in [1.82, 2.24) is 15.5 Å². The van der Waals surface area contributed by atoms with E-state index in [1.165, 1.54) is 6.07 Å². The third-order valence-corrected chi connectivity index (χ3v) is 5.51. The fourth-order valence-corrected chi connectivity index (χ4v) is 3.64. The van der Waals surface area contributed by atoms with Gasteiger partial charge in [0.2, 0.25) is 0 Å². The maximum absolute atomic E-state index is 14.6. The minimum Gasteiger partial charge on any atom is -0.367 e. The van der Waals surface area contributed by atoms with Crippen LogP contribution in [0.5, 0.6) is 0 Å². The summed E-state index contributed by atoms with van der Waals surface area (Å²) in [5, 5.41) is 6.33. The third-order valence-electron chi connectivity index (χ3n) is 5.51. The van der Waals surface area contributed by atoms with Gasteiger partial charge in [0, 0.05) is 44.3 Å². The van der Waals surface area contributed by atoms with E-state index in [2.05, 4.69) is 34.3 Å². The molecule has 154 valence electrons. The maximum atomic E-state index is 14.6. The molecule has 0 radical (unpaired) electrons. The zero-order valence-corrected chi connectivity index (χ0v) is 17.7. The largest absolute Gasteiger partial charge is 0.367 e. The van der Waals surface area contributed by atoms with Crippen molar-refractivity contribution in [3.05, 3.63) is 29.6 Å². The van der Waals surface area contributed by atoms with Gasteiger partial charge in [0.15, 0.2) is 0 Å². The van der Waals surface area contributed by atoms with Gasteiger partial charge in [-0.3, -0.25) is 4.79 Å². The van der Waals surface area contributed by atoms with Gasteiger partial charge in [-0.25, -0.2) is 4.39 Å². The van der Waals surface area contributed by atoms with E-state index < -0.39 is 0 Å². The molecule has 1 aromatic carbocycles. The van der Waals surface area contributed by atoms with Crippen LogP contribution in [0.3, 0.4) is 0 Å². The Hall–Kier alpha value is -1.08. The Kier molecular flexibility index (Phi) is 9.81. The number of likely N-dealkylation sites (N-methyl/N-ethyl adjacent to an activating group) is 1. The van der Waals surface area contributed by atoms with Crippen LogP contribution in [-0.4, -0.2) is 62.7 Å². The van der Waals surface area contributed by atoms with Crippen LogP contribution in [0, 0.1) is 11.7 Å². The maximum Gasteiger partial charge on any atom is 0.251 e. The van der Waals surface area contributed by atoms with Gasteiger partial charge in [0.25, 0.3) is 5.91 Å². The zero-order chi connectivity index (χ0) is 17.8. The SMILES string of the molecule is CCN1CCN(c2ccc(C(=O)NC3CNCCC3C)cc2F)CC1.Cl.Cl. The number of benzene rings is 1. The molecule has 2 saturated heterocycles. The van der Waals surface area contributed by atoms with Gasteiger partial charge >= 0.3 is 0 Å². The molecule has 0 bridgehead atoms. The Morgan fingerprint density at radius 2 is 1.96 bits per heavy atom. The first-order valence-corrected chi connectivity index (χ1v) is 9.37. The molecule has 0 aromatic heterocycles. The number of piperidine rings is 1. The lowest BCUT2D eigenvalue weighted by Crippen LogP contribution is -2.50. The molecule has 2 unspecified atom stereocenters. The predicted molar refractivity (Wildman–Crippen MR) is 113 cm³/mol. The summed E-state index contributed by atoms with van der Waals surface area (Å²) >= 11 is 0. The summed E-state index contributed by atoms with van der Waals surface area (Å²) in [6, 6.07) is 4.96. The number of anilines is 1. The Bertz CT molecular complexity index is 611. The summed E-state index contributed by atoms with van der Waals surface area (Å²) in [5.74, 6) is -0.0709. The first-order chi connectivity index (χ1) is 12.1. The number of carbonyl (C=O) groups is 1. The topological polar surface area (TPSA) is 47.6 Å². The van der Waals surface area contributed by atoms with E-state index in [0.29, 0.717) is 17.2 Å². The van der Waals surface area contributed by atoms with Crippen LogP contribution >= 0.6 is 24.8 Å². The second-order valence-corrected chi connectivity index (χ2v) is 7.14. The Balaban J connectivity index is 0.00000182. The van der Waals surface area contributed by atoms with E-state index in [9.17, 15) is 9.18 Å². The van der Waals surface area contributed by atoms with Crippen molar-refractivity contribution in [2.24, 2.45) is 5.92 Å². The minimum absolute atomic E-state index is 0. The van der Waals surface area contributed by atoms with E-state index >= 15 is 0 Å². The van der Waals surface area contributed by atoms with Crippen LogP contribution in [0.25, 0.3) is 0 Å². The van der Waals surface area contributed by atoms with Crippen LogP contribution in [0.1, 0.15) is 30.6 Å². The summed E-state index contributed by atoms with van der Waals surface area (Å²) in [7, 11) is 0. The molecule has 8 heteroatoms. The van der Waals surface area contributed by atoms with Crippen LogP contribution in [-0.2, 0) is 0 Å². The van der Waals surface area contributed by atoms with Crippen LogP contribution in [0.2, 0.25) is 0 Å². The summed E-state index contributed by atoms with van der Waals surface area (Å²) in [6.07, 6.45) is 1.04. The molecule has 2 aliphatic rings. The number of hydrogen-bond donors (Lipinski definition) is 2. The van der Waals surface area contributed by atoms with Gasteiger partial charge in [-0.2, -0.15) is 0 Å². The van der Waals surface area contributed by atoms with E-state index in [1.807, 2.05) is 0 Å². The molecule has 2 atom stereocenters. The number of amides is 1. The molecule has 2 heterocycles. The Labute approximate surface area is 173 Å². The fourth-order valence-electron chi connectivity index (χ4n) is 3.64. The normalized spacial score (nSPS) is 23.1. The standard InChI is InChI=1S/C19H29FN4O.2ClH/c1-3-23-8-10-24(11-9-23)18-5-4-15(12-16(18)20)19(25)22-17-13-21-7-6-14(17)2;;/h4-5,12,14,17,21H,3,6-11,13H2,1-2H3,(H,22,25);2*1H. The van der Waals surface area contributed by atoms with Crippen molar-refractivity contribution in [2.45, 2.75) is 26.3 Å². The average Bonchev–Trinajstić information content (AvgIpc) is 2.63. The molecule has 0 aliphatic carbocycles. The van der Waals surface area contributed by atoms with Gasteiger partial charge in [0.05, 0.1) is 5.69 Å². The van der Waals surface area contributed by atoms with Crippen LogP contribution in [0.15, 0.2) is 18.2 Å². The lowest BCUT2D eigenvalue weighted by atomic mass is 9.94. The van der Waals surface area contributed by atoms with Crippen molar-refractivity contribution in [1.29, 1.82) is 0 Å². The Morgan fingerprint density at radius 3 is 2.56 bits per heavy atom. The zero-order valence-electron chi connectivity index (χ0n) is 16.0. The minimum atomic E-state index is -0.313. The number of carbonyl (C=O) groups excluding carboxylic acids is 1. The summed E-state index contributed by atoms with van der Waals surface area (Å²) < 4.78 is 14.6. The van der Waals surface area contributed by atoms with Crippen molar-refractivity contribution >= 4 is 36.4 Å². The van der Waals surface area contributed by atoms with Crippen molar-refractivity contribution in [3.63, 3.8) is 0 Å². The monoisotopic (exact) mass is 420 g/mol. The highest BCUT2D eigenvalue weighted by atomic mass is 35.5. The molecule has 0 saturated carbocycles. The Morgan fingerprint density at radius 1 is 1.26 bits per heavy atom. The molecular formula is C19H31Cl2FN4O. The molecule has 5 nitrogen and oxygen atoms in total. The van der Waals surface area contributed by atoms with E-state index in [-0.39, 0.29) is 42.6 Å². The lowest BCUT2D eigenvalue weighted by molar-refractivity contribution is 0.0915. The molecule has 3 rings (SSSR count). The van der Waals surface area contributed by atoms with E-state index in [0.717, 1.165) is 52.2 Å². The highest BCUT2D eigenvalue weighted by Crippen LogP contribution is 2.22. The smallest absolute Gasteiger partial charge is 0.251 e. The quantitative estimate of drug-likeness (QED) is 0.785. The summed E-state index contributed by atoms with van der Waals surface area (Å²) in [6.45, 7) is 10.6. The number of nitrogens with one attached hydrogen (secondary N) is 2. The molecule has 2 aliphatic heterocycles. The van der Waals surface area contributed by atoms with Crippen molar-refractivity contribution in [3.8, 4) is 0 Å². The molecule has 0 spiro atoms. The number of hydrogen-bond acceptors (Lipinski definition) is 4. The first kappa shape index (κ1) is 24.0. The van der Waals surface area contributed by atoms with E-state index in [4.69, 9.17) is 0 Å². The van der Waals surface area contributed by atoms with Gasteiger partial charge in [-0.15, -0.1) is 24.8 Å². The van der Waals surface area contributed by atoms with Crippen molar-refractivity contribution in [2.75, 3.05) is 50.7 Å². The third kappa shape index (κ3) is 5.95. The lowest BCUT2D eigenvalue weighted by Gasteiger charge is -2.35. The van der Waals surface area contributed by atoms with E-state index in [1.54, 1.807) is 12.1 Å². The first-order valence-electron chi connectivity index (χ1n) is 9.37. The average molecular weight is 421 g/mol. The van der Waals surface area contributed by atoms with Gasteiger partial charge in [-0.05, 0) is 43.6 Å². The van der Waals surface area contributed by atoms with Crippen LogP contribution in [0.4, 0.5) is 10.1 Å². The molecule has 27 heavy (non-hydrogen) atoms. The summed E-state index contributed by atoms with van der Waals surface area (Å²) in [5.41, 5.74) is 0.992. The van der Waals surface area contributed by atoms with Gasteiger partial charge < -0.3 is 20.4 Å². The van der Waals surface area contributed by atoms with Crippen molar-refractivity contribution < 1.29 is 9.18 Å². The second-order valence-electron chi connectivity index (χ2n) is 7.14. The molecule has 1 amide bonds. The molecule has 2 N–H and O–H groups in total. The molecule has 2 fully saturated rings. The molecule has 1 aromatic rings. The number of piperazine rings is 1. The summed E-state index contributed by atoms with van der Waals surface area (Å²) in [4.78, 5) is 16.9. The number of rotatable bonds is 4. The fraction of sp³-hybridized carbons (Fsp3) is 0.632. The van der Waals surface area contributed by atoms with Gasteiger partial charge in [-0.1, -0.05) is 13.8 Å². The van der Waals surface area contributed by atoms with Gasteiger partial charge in [0.1, 0.15) is 5.82 Å². The van der Waals surface area contributed by atoms with Crippen LogP contribution < -0.4 is 15.5 Å². The number of nitrogens with zero attached hydrogens (tertiary/aromatic N) is 2. The predicted octanol–water partition coefficient (Wildman–Crippen LogP) is 2.54. The second kappa shape index (κ2) is 11.1.